The number of nitrogens with zero attached hydrogens (tertiary/aromatic N) is 2. The third-order valence-electron chi connectivity index (χ3n) is 5.31. The molecule has 0 spiro atoms. The van der Waals surface area contributed by atoms with Crippen molar-refractivity contribution < 1.29 is 19.4 Å². The van der Waals surface area contributed by atoms with E-state index in [-0.39, 0.29) is 30.6 Å². The van der Waals surface area contributed by atoms with E-state index < -0.39 is 11.6 Å². The smallest absolute Gasteiger partial charge is 0.414 e. The summed E-state index contributed by atoms with van der Waals surface area (Å²) in [5.41, 5.74) is 7.90. The minimum absolute atomic E-state index is 0.00869. The molecule has 0 aromatic heterocycles. The second-order valence-electron chi connectivity index (χ2n) is 8.88. The minimum Gasteiger partial charge on any atom is -0.446 e. The van der Waals surface area contributed by atoms with Crippen LogP contribution >= 0.6 is 0 Å². The Morgan fingerprint density at radius 3 is 2.53 bits per heavy atom. The molecule has 1 heterocycles. The molecule has 1 aromatic rings. The molecular formula is C22H36N4O4. The first-order valence-corrected chi connectivity index (χ1v) is 10.5. The second kappa shape index (κ2) is 9.76. The normalized spacial score (nSPS) is 17.7. The average Bonchev–Trinajstić information content (AvgIpc) is 2.66. The molecule has 1 aromatic carbocycles. The van der Waals surface area contributed by atoms with Crippen molar-refractivity contribution in [2.24, 2.45) is 5.73 Å². The third kappa shape index (κ3) is 5.50. The molecule has 1 aliphatic heterocycles. The summed E-state index contributed by atoms with van der Waals surface area (Å²) in [6, 6.07) is 5.57. The first-order valence-electron chi connectivity index (χ1n) is 10.5. The molecule has 1 aliphatic rings. The first-order chi connectivity index (χ1) is 14.0. The van der Waals surface area contributed by atoms with Gasteiger partial charge in [-0.2, -0.15) is 0 Å². The van der Waals surface area contributed by atoms with Crippen LogP contribution in [0.3, 0.4) is 0 Å². The number of nitrogens with two attached hydrogens (primary N) is 1. The van der Waals surface area contributed by atoms with E-state index in [0.717, 1.165) is 5.56 Å². The number of amides is 2. The number of nitrogens with one attached hydrogen (secondary N) is 1. The zero-order chi connectivity index (χ0) is 22.6. The number of ether oxygens (including phenoxy) is 1. The van der Waals surface area contributed by atoms with Crippen molar-refractivity contribution >= 4 is 23.4 Å². The van der Waals surface area contributed by atoms with Crippen molar-refractivity contribution in [1.29, 1.82) is 0 Å². The van der Waals surface area contributed by atoms with E-state index in [1.165, 1.54) is 6.92 Å². The number of hydrogen-bond acceptors (Lipinski definition) is 6. The average molecular weight is 421 g/mol. The van der Waals surface area contributed by atoms with Crippen LogP contribution < -0.4 is 20.9 Å². The summed E-state index contributed by atoms with van der Waals surface area (Å²) in [5, 5.41) is 12.8. The van der Waals surface area contributed by atoms with E-state index in [2.05, 4.69) is 5.32 Å². The van der Waals surface area contributed by atoms with Gasteiger partial charge in [0, 0.05) is 38.0 Å². The van der Waals surface area contributed by atoms with Gasteiger partial charge in [0.1, 0.15) is 0 Å². The Kier molecular flexibility index (Phi) is 7.85. The molecule has 2 rings (SSSR count). The van der Waals surface area contributed by atoms with Crippen molar-refractivity contribution in [3.05, 3.63) is 23.8 Å². The molecule has 2 amide bonds. The molecule has 30 heavy (non-hydrogen) atoms. The fraction of sp³-hybridized carbons (Fsp3) is 0.636. The number of carbonyl (C=O) groups excluding carboxylic acids is 2. The zero-order valence-corrected chi connectivity index (χ0v) is 18.9. The van der Waals surface area contributed by atoms with Gasteiger partial charge in [0.15, 0.2) is 0 Å². The number of fused-ring (bicyclic) bond motifs is 1. The van der Waals surface area contributed by atoms with Gasteiger partial charge < -0.3 is 25.8 Å². The Balaban J connectivity index is 2.43. The van der Waals surface area contributed by atoms with Crippen LogP contribution in [0.4, 0.5) is 16.2 Å². The predicted molar refractivity (Wildman–Crippen MR) is 119 cm³/mol. The summed E-state index contributed by atoms with van der Waals surface area (Å²) in [6.07, 6.45) is -0.672. The number of aliphatic hydroxyl groups excluding tert-OH is 1. The SMILES string of the molecule is CC(=O)N1c2ccc(C(CN)CNC(C)(C)CO)cc2N(C(=O)OC(C)C)C[C@@H]1C. The number of rotatable bonds is 7. The summed E-state index contributed by atoms with van der Waals surface area (Å²) >= 11 is 0. The number of hydrogen-bond donors (Lipinski definition) is 3. The van der Waals surface area contributed by atoms with E-state index in [1.54, 1.807) is 9.80 Å². The van der Waals surface area contributed by atoms with Crippen molar-refractivity contribution in [3.8, 4) is 0 Å². The summed E-state index contributed by atoms with van der Waals surface area (Å²) in [7, 11) is 0. The third-order valence-corrected chi connectivity index (χ3v) is 5.31. The monoisotopic (exact) mass is 420 g/mol. The number of carbonyl (C=O) groups is 2. The van der Waals surface area contributed by atoms with Gasteiger partial charge in [-0.15, -0.1) is 0 Å². The Labute approximate surface area is 179 Å². The lowest BCUT2D eigenvalue weighted by atomic mass is 9.95. The van der Waals surface area contributed by atoms with Gasteiger partial charge in [-0.25, -0.2) is 4.79 Å². The maximum atomic E-state index is 12.8. The highest BCUT2D eigenvalue weighted by molar-refractivity contribution is 6.02. The van der Waals surface area contributed by atoms with E-state index in [9.17, 15) is 14.7 Å². The largest absolute Gasteiger partial charge is 0.446 e. The molecule has 8 nitrogen and oxygen atoms in total. The highest BCUT2D eigenvalue weighted by Crippen LogP contribution is 2.38. The zero-order valence-electron chi connectivity index (χ0n) is 18.9. The molecule has 0 fully saturated rings. The van der Waals surface area contributed by atoms with Crippen LogP contribution in [0.2, 0.25) is 0 Å². The fourth-order valence-electron chi connectivity index (χ4n) is 3.61. The van der Waals surface area contributed by atoms with Gasteiger partial charge in [-0.05, 0) is 52.3 Å². The molecule has 168 valence electrons. The van der Waals surface area contributed by atoms with Crippen molar-refractivity contribution in [1.82, 2.24) is 5.32 Å². The number of aliphatic hydroxyl groups is 1. The Bertz CT molecular complexity index is 766. The predicted octanol–water partition coefficient (Wildman–Crippen LogP) is 2.20. The maximum Gasteiger partial charge on any atom is 0.414 e. The van der Waals surface area contributed by atoms with Crippen LogP contribution in [-0.2, 0) is 9.53 Å². The first kappa shape index (κ1) is 24.1. The molecule has 0 saturated heterocycles. The summed E-state index contributed by atoms with van der Waals surface area (Å²) in [4.78, 5) is 28.4. The molecule has 4 N–H and O–H groups in total. The molecule has 8 heteroatoms. The molecule has 0 bridgehead atoms. The quantitative estimate of drug-likeness (QED) is 0.624. The maximum absolute atomic E-state index is 12.8. The van der Waals surface area contributed by atoms with E-state index in [4.69, 9.17) is 10.5 Å². The topological polar surface area (TPSA) is 108 Å². The molecule has 0 saturated carbocycles. The van der Waals surface area contributed by atoms with Gasteiger partial charge in [-0.3, -0.25) is 9.69 Å². The minimum atomic E-state index is -0.428. The second-order valence-corrected chi connectivity index (χ2v) is 8.88. The van der Waals surface area contributed by atoms with Crippen LogP contribution in [0.5, 0.6) is 0 Å². The van der Waals surface area contributed by atoms with Gasteiger partial charge in [0.25, 0.3) is 0 Å². The van der Waals surface area contributed by atoms with Crippen LogP contribution in [0.25, 0.3) is 0 Å². The Hall–Kier alpha value is -2.16. The van der Waals surface area contributed by atoms with Crippen molar-refractivity contribution in [2.45, 2.75) is 65.1 Å². The van der Waals surface area contributed by atoms with Crippen LogP contribution in [0.15, 0.2) is 18.2 Å². The van der Waals surface area contributed by atoms with Crippen LogP contribution in [0, 0.1) is 0 Å². The van der Waals surface area contributed by atoms with E-state index in [1.807, 2.05) is 52.8 Å². The fourth-order valence-corrected chi connectivity index (χ4v) is 3.61. The summed E-state index contributed by atoms with van der Waals surface area (Å²) in [5.74, 6) is -0.0932. The highest BCUT2D eigenvalue weighted by Gasteiger charge is 2.35. The van der Waals surface area contributed by atoms with Crippen molar-refractivity contribution in [3.63, 3.8) is 0 Å². The number of anilines is 2. The molecular weight excluding hydrogens is 384 g/mol. The van der Waals surface area contributed by atoms with Crippen LogP contribution in [-0.4, -0.2) is 61.0 Å². The Morgan fingerprint density at radius 2 is 2.00 bits per heavy atom. The summed E-state index contributed by atoms with van der Waals surface area (Å²) < 4.78 is 5.44. The van der Waals surface area contributed by atoms with Gasteiger partial charge in [0.05, 0.1) is 30.1 Å². The standard InChI is InChI=1S/C22H36N4O4/c1-14(2)30-21(29)25-12-15(3)26(16(4)28)19-8-7-17(9-20(19)25)18(10-23)11-24-22(5,6)13-27/h7-9,14-15,18,24,27H,10-13,23H2,1-6H3/t15-,18?/m0/s1. The lowest BCUT2D eigenvalue weighted by Gasteiger charge is -2.41. The van der Waals surface area contributed by atoms with Gasteiger partial charge in [-0.1, -0.05) is 6.07 Å². The highest BCUT2D eigenvalue weighted by atomic mass is 16.6. The molecule has 0 aliphatic carbocycles. The van der Waals surface area contributed by atoms with Crippen LogP contribution in [0.1, 0.15) is 53.0 Å². The lowest BCUT2D eigenvalue weighted by molar-refractivity contribution is -0.117. The number of benzene rings is 1. The summed E-state index contributed by atoms with van der Waals surface area (Å²) in [6.45, 7) is 12.2. The van der Waals surface area contributed by atoms with Gasteiger partial charge >= 0.3 is 6.09 Å². The van der Waals surface area contributed by atoms with E-state index in [0.29, 0.717) is 31.0 Å². The van der Waals surface area contributed by atoms with Crippen molar-refractivity contribution in [2.75, 3.05) is 36.0 Å². The van der Waals surface area contributed by atoms with E-state index >= 15 is 0 Å². The molecule has 0 radical (unpaired) electrons. The lowest BCUT2D eigenvalue weighted by Crippen LogP contribution is -2.52. The molecule has 2 atom stereocenters. The Morgan fingerprint density at radius 1 is 1.33 bits per heavy atom. The van der Waals surface area contributed by atoms with Gasteiger partial charge in [0.2, 0.25) is 5.91 Å². The molecule has 1 unspecified atom stereocenters.